The van der Waals surface area contributed by atoms with E-state index in [1.165, 1.54) is 34.6 Å². The molecule has 0 bridgehead atoms. The average Bonchev–Trinajstić information content (AvgIpc) is 3.84. The number of benzene rings is 5. The molecule has 3 heterocycles. The summed E-state index contributed by atoms with van der Waals surface area (Å²) in [5.41, 5.74) is 7.18. The summed E-state index contributed by atoms with van der Waals surface area (Å²) in [4.78, 5) is 8.97. The zero-order chi connectivity index (χ0) is 48.9. The fourth-order valence-corrected chi connectivity index (χ4v) is 7.69. The van der Waals surface area contributed by atoms with E-state index in [0.29, 0.717) is 33.7 Å². The van der Waals surface area contributed by atoms with Crippen molar-refractivity contribution in [2.75, 3.05) is 0 Å². The predicted molar refractivity (Wildman–Crippen MR) is 244 cm³/mol. The Morgan fingerprint density at radius 1 is 0.644 bits per heavy atom. The van der Waals surface area contributed by atoms with Crippen molar-refractivity contribution in [2.24, 2.45) is 16.2 Å². The number of aromatic nitrogens is 2. The van der Waals surface area contributed by atoms with Gasteiger partial charge in [-0.25, -0.2) is 0 Å². The van der Waals surface area contributed by atoms with Crippen LogP contribution in [0.2, 0.25) is 0 Å². The summed E-state index contributed by atoms with van der Waals surface area (Å²) in [5.74, 6) is 0. The van der Waals surface area contributed by atoms with Crippen molar-refractivity contribution >= 4 is 32.7 Å². The van der Waals surface area contributed by atoms with E-state index in [0.717, 1.165) is 39.1 Å². The molecule has 1 radical (unpaired) electrons. The molecule has 3 aromatic heterocycles. The van der Waals surface area contributed by atoms with Crippen LogP contribution in [-0.2, 0) is 45.6 Å². The molecule has 1 aliphatic rings. The summed E-state index contributed by atoms with van der Waals surface area (Å²) >= 11 is 0. The second-order valence-electron chi connectivity index (χ2n) is 18.3. The number of aryl methyl sites for hydroxylation is 1. The van der Waals surface area contributed by atoms with Gasteiger partial charge in [0.2, 0.25) is 0 Å². The van der Waals surface area contributed by atoms with Crippen LogP contribution in [0.5, 0.6) is 0 Å². The molecule has 0 atom stereocenters. The van der Waals surface area contributed by atoms with Crippen molar-refractivity contribution in [1.82, 2.24) is 9.97 Å². The standard InChI is InChI=1S/C34H28NO.C21H28N.Ir/c1-20-19-35-29(17-24(20)18-34(2,3)4)28-11-7-10-26-27-15-14-21-12-13-23-16-22-8-5-6-9-25(22)30(23)31(21)33(27)36-32(26)28;1-20(2,3)13-17-12-19(16-10-8-7-9-11-16)22-15-18(17)14-21(4,5)6;/h5-10,12-15,17,19H,16,18H2,1-4H3;7-10,12,15H,13-14H2,1-6H3;/q2*-1;/i1D3,18D2;13D2,14D2;. The van der Waals surface area contributed by atoms with Crippen molar-refractivity contribution in [1.29, 1.82) is 0 Å². The molecule has 4 heteroatoms. The molecule has 5 aromatic carbocycles. The number of pyridine rings is 2. The molecule has 0 aliphatic heterocycles. The third-order valence-corrected chi connectivity index (χ3v) is 9.91. The second kappa shape index (κ2) is 16.3. The number of nitrogens with zero attached hydrogens (tertiary/aromatic N) is 2. The topological polar surface area (TPSA) is 38.9 Å². The molecular weight excluding hydrogens is 897 g/mol. The van der Waals surface area contributed by atoms with Crippen molar-refractivity contribution in [3.8, 4) is 33.6 Å². The van der Waals surface area contributed by atoms with E-state index in [9.17, 15) is 0 Å². The van der Waals surface area contributed by atoms with E-state index >= 15 is 0 Å². The first-order valence-corrected chi connectivity index (χ1v) is 19.9. The van der Waals surface area contributed by atoms with E-state index in [2.05, 4.69) is 70.6 Å². The molecule has 0 saturated heterocycles. The molecule has 0 N–H and O–H groups in total. The summed E-state index contributed by atoms with van der Waals surface area (Å²) in [6, 6.07) is 37.9. The van der Waals surface area contributed by atoms with Gasteiger partial charge in [-0.05, 0) is 104 Å². The zero-order valence-electron chi connectivity index (χ0n) is 44.2. The summed E-state index contributed by atoms with van der Waals surface area (Å²) in [6.07, 6.45) is -1.72. The molecule has 1 aliphatic carbocycles. The van der Waals surface area contributed by atoms with Gasteiger partial charge < -0.3 is 14.4 Å². The second-order valence-corrected chi connectivity index (χ2v) is 18.3. The third kappa shape index (κ3) is 9.15. The first-order chi connectivity index (χ1) is 31.1. The maximum Gasteiger partial charge on any atom is 0.129 e. The molecule has 303 valence electrons. The van der Waals surface area contributed by atoms with Gasteiger partial charge in [0.05, 0.1) is 5.58 Å². The summed E-state index contributed by atoms with van der Waals surface area (Å²) in [6.45, 7) is 13.8. The van der Waals surface area contributed by atoms with E-state index < -0.39 is 42.2 Å². The predicted octanol–water partition coefficient (Wildman–Crippen LogP) is 14.8. The fraction of sp³-hybridized carbons (Fsp3) is 0.309. The normalized spacial score (nSPS) is 15.8. The molecule has 3 nitrogen and oxygen atoms in total. The van der Waals surface area contributed by atoms with Crippen LogP contribution in [0.25, 0.3) is 66.4 Å². The monoisotopic (exact) mass is 962 g/mol. The van der Waals surface area contributed by atoms with Crippen molar-refractivity contribution < 1.29 is 36.9 Å². The summed E-state index contributed by atoms with van der Waals surface area (Å²) in [7, 11) is 0. The van der Waals surface area contributed by atoms with Gasteiger partial charge in [0, 0.05) is 55.6 Å². The van der Waals surface area contributed by atoms with Crippen LogP contribution < -0.4 is 0 Å². The average molecular weight is 962 g/mol. The smallest absolute Gasteiger partial charge is 0.129 e. The number of hydrogen-bond donors (Lipinski definition) is 0. The molecule has 0 spiro atoms. The van der Waals surface area contributed by atoms with Crippen LogP contribution in [-0.4, -0.2) is 9.97 Å². The van der Waals surface area contributed by atoms with Crippen LogP contribution in [0.15, 0.2) is 114 Å². The minimum absolute atomic E-state index is 0. The summed E-state index contributed by atoms with van der Waals surface area (Å²) < 4.78 is 83.6. The van der Waals surface area contributed by atoms with Gasteiger partial charge in [-0.1, -0.05) is 139 Å². The number of rotatable bonds is 5. The van der Waals surface area contributed by atoms with Gasteiger partial charge in [-0.15, -0.1) is 54.1 Å². The molecule has 0 fully saturated rings. The van der Waals surface area contributed by atoms with E-state index in [4.69, 9.17) is 16.8 Å². The van der Waals surface area contributed by atoms with Crippen LogP contribution in [0.4, 0.5) is 0 Å². The molecule has 59 heavy (non-hydrogen) atoms. The molecule has 0 amide bonds. The van der Waals surface area contributed by atoms with Gasteiger partial charge in [0.15, 0.2) is 0 Å². The van der Waals surface area contributed by atoms with Crippen molar-refractivity contribution in [3.05, 3.63) is 155 Å². The Morgan fingerprint density at radius 3 is 2.03 bits per heavy atom. The van der Waals surface area contributed by atoms with Crippen molar-refractivity contribution in [3.63, 3.8) is 0 Å². The molecular formula is C55H56IrN2O-2. The van der Waals surface area contributed by atoms with E-state index in [-0.39, 0.29) is 31.2 Å². The maximum atomic E-state index is 8.93. The molecule has 0 saturated carbocycles. The Balaban J connectivity index is 0.000000220. The Bertz CT molecular complexity index is 3190. The minimum Gasteiger partial charge on any atom is -0.500 e. The van der Waals surface area contributed by atoms with Gasteiger partial charge in [-0.3, -0.25) is 0 Å². The quantitative estimate of drug-likeness (QED) is 0.161. The molecule has 0 unspecified atom stereocenters. The largest absolute Gasteiger partial charge is 0.500 e. The van der Waals surface area contributed by atoms with Gasteiger partial charge in [0.25, 0.3) is 0 Å². The SMILES string of the molecule is [2H]C([2H])([2H])c1cnc(-c2[c-]ccc3c2oc2c3ccc3ccc4c(c32)-c2ccccc2C4)cc1C([2H])([2H])C(C)(C)C.[2H]C([2H])(c1cnc(-c2[c-]cccc2)cc1C([2H])([2H])C(C)(C)C)C(C)(C)C.[Ir]. The Kier molecular flexibility index (Phi) is 8.82. The van der Waals surface area contributed by atoms with Crippen LogP contribution in [0, 0.1) is 35.2 Å². The number of fused-ring (bicyclic) bond motifs is 9. The Hall–Kier alpha value is -4.89. The maximum absolute atomic E-state index is 8.93. The van der Waals surface area contributed by atoms with Crippen LogP contribution in [0.1, 0.15) is 108 Å². The Morgan fingerprint density at radius 2 is 1.31 bits per heavy atom. The fourth-order valence-electron chi connectivity index (χ4n) is 7.69. The number of furan rings is 1. The van der Waals surface area contributed by atoms with Gasteiger partial charge in [-0.2, -0.15) is 0 Å². The zero-order valence-corrected chi connectivity index (χ0v) is 37.6. The van der Waals surface area contributed by atoms with Gasteiger partial charge in [0.1, 0.15) is 5.58 Å². The first kappa shape index (κ1) is 32.0. The van der Waals surface area contributed by atoms with Gasteiger partial charge >= 0.3 is 0 Å². The minimum atomic E-state index is -2.51. The summed E-state index contributed by atoms with van der Waals surface area (Å²) in [5, 5.41) is 4.05. The van der Waals surface area contributed by atoms with Crippen LogP contribution >= 0.6 is 0 Å². The first-order valence-electron chi connectivity index (χ1n) is 24.4. The molecule has 9 rings (SSSR count). The van der Waals surface area contributed by atoms with Crippen LogP contribution in [0.3, 0.4) is 0 Å². The Labute approximate surface area is 377 Å². The molecule has 8 aromatic rings. The van der Waals surface area contributed by atoms with E-state index in [1.807, 2.05) is 71.9 Å². The van der Waals surface area contributed by atoms with E-state index in [1.54, 1.807) is 39.0 Å². The van der Waals surface area contributed by atoms with Crippen molar-refractivity contribution in [2.45, 2.75) is 94.7 Å². The third-order valence-electron chi connectivity index (χ3n) is 9.91. The number of hydrogen-bond acceptors (Lipinski definition) is 3.